The van der Waals surface area contributed by atoms with E-state index in [1.807, 2.05) is 0 Å². The lowest BCUT2D eigenvalue weighted by atomic mass is 9.87. The van der Waals surface area contributed by atoms with Gasteiger partial charge in [0.15, 0.2) is 0 Å². The van der Waals surface area contributed by atoms with Crippen molar-refractivity contribution in [1.82, 2.24) is 0 Å². The van der Waals surface area contributed by atoms with E-state index in [9.17, 15) is 4.79 Å². The SMILES string of the molecule is O=C1CC[C@@H]2C[C@H]1CC2CI. The summed E-state index contributed by atoms with van der Waals surface area (Å²) in [7, 11) is 0. The maximum atomic E-state index is 11.3. The molecule has 0 spiro atoms. The highest BCUT2D eigenvalue weighted by atomic mass is 127. The van der Waals surface area contributed by atoms with Gasteiger partial charge in [0.05, 0.1) is 0 Å². The Bertz CT molecular complexity index is 178. The Hall–Kier alpha value is 0.400. The number of carbonyl (C=O) groups is 1. The average molecular weight is 264 g/mol. The largest absolute Gasteiger partial charge is 0.299 e. The number of hydrogen-bond donors (Lipinski definition) is 0. The van der Waals surface area contributed by atoms with Gasteiger partial charge in [0, 0.05) is 16.8 Å². The topological polar surface area (TPSA) is 17.1 Å². The summed E-state index contributed by atoms with van der Waals surface area (Å²) < 4.78 is 1.26. The van der Waals surface area contributed by atoms with Crippen molar-refractivity contribution in [2.24, 2.45) is 17.8 Å². The van der Waals surface area contributed by atoms with Crippen LogP contribution in [-0.4, -0.2) is 10.2 Å². The Morgan fingerprint density at radius 2 is 2.27 bits per heavy atom. The zero-order chi connectivity index (χ0) is 7.84. The van der Waals surface area contributed by atoms with Crippen molar-refractivity contribution in [2.45, 2.75) is 25.7 Å². The molecule has 0 radical (unpaired) electrons. The highest BCUT2D eigenvalue weighted by Crippen LogP contribution is 2.44. The maximum Gasteiger partial charge on any atom is 0.136 e. The van der Waals surface area contributed by atoms with Crippen molar-refractivity contribution < 1.29 is 4.79 Å². The van der Waals surface area contributed by atoms with Gasteiger partial charge in [-0.25, -0.2) is 0 Å². The van der Waals surface area contributed by atoms with E-state index in [1.165, 1.54) is 23.7 Å². The smallest absolute Gasteiger partial charge is 0.136 e. The molecule has 1 unspecified atom stereocenters. The van der Waals surface area contributed by atoms with E-state index in [-0.39, 0.29) is 0 Å². The van der Waals surface area contributed by atoms with E-state index in [1.54, 1.807) is 0 Å². The summed E-state index contributed by atoms with van der Waals surface area (Å²) in [6.07, 6.45) is 4.48. The van der Waals surface area contributed by atoms with Gasteiger partial charge in [0.25, 0.3) is 0 Å². The second kappa shape index (κ2) is 3.04. The molecule has 0 aromatic carbocycles. The molecule has 0 saturated heterocycles. The predicted octanol–water partition coefficient (Wildman–Crippen LogP) is 2.43. The Morgan fingerprint density at radius 1 is 1.45 bits per heavy atom. The summed E-state index contributed by atoms with van der Waals surface area (Å²) in [6, 6.07) is 0. The first-order chi connectivity index (χ1) is 5.31. The van der Waals surface area contributed by atoms with Crippen molar-refractivity contribution in [3.63, 3.8) is 0 Å². The van der Waals surface area contributed by atoms with Gasteiger partial charge in [-0.3, -0.25) is 4.79 Å². The molecule has 62 valence electrons. The predicted molar refractivity (Wildman–Crippen MR) is 52.8 cm³/mol. The fourth-order valence-corrected chi connectivity index (χ4v) is 3.63. The molecule has 11 heavy (non-hydrogen) atoms. The summed E-state index contributed by atoms with van der Waals surface area (Å²) in [5, 5.41) is 0. The van der Waals surface area contributed by atoms with Crippen LogP contribution in [0.3, 0.4) is 0 Å². The lowest BCUT2D eigenvalue weighted by Crippen LogP contribution is -2.17. The number of hydrogen-bond acceptors (Lipinski definition) is 1. The minimum absolute atomic E-state index is 0.466. The molecular formula is C9H13IO. The van der Waals surface area contributed by atoms with E-state index in [2.05, 4.69) is 22.6 Å². The number of ketones is 1. The Balaban J connectivity index is 2.09. The van der Waals surface area contributed by atoms with Gasteiger partial charge >= 0.3 is 0 Å². The first kappa shape index (κ1) is 8.02. The molecule has 2 aliphatic carbocycles. The van der Waals surface area contributed by atoms with E-state index < -0.39 is 0 Å². The summed E-state index contributed by atoms with van der Waals surface area (Å²) >= 11 is 2.46. The van der Waals surface area contributed by atoms with E-state index in [0.29, 0.717) is 11.7 Å². The van der Waals surface area contributed by atoms with E-state index in [4.69, 9.17) is 0 Å². The van der Waals surface area contributed by atoms with Crippen molar-refractivity contribution in [1.29, 1.82) is 0 Å². The number of halogens is 1. The van der Waals surface area contributed by atoms with Crippen LogP contribution in [0.25, 0.3) is 0 Å². The molecule has 2 rings (SSSR count). The standard InChI is InChI=1S/C9H13IO/c10-5-8-4-7-3-6(8)1-2-9(7)11/h6-8H,1-5H2/t6-,7+,8?/m1/s1. The molecule has 0 N–H and O–H groups in total. The molecule has 0 aromatic rings. The van der Waals surface area contributed by atoms with Crippen molar-refractivity contribution in [2.75, 3.05) is 4.43 Å². The second-order valence-electron chi connectivity index (χ2n) is 3.85. The minimum Gasteiger partial charge on any atom is -0.299 e. The molecule has 3 atom stereocenters. The van der Waals surface area contributed by atoms with Crippen LogP contribution in [0.4, 0.5) is 0 Å². The van der Waals surface area contributed by atoms with Crippen molar-refractivity contribution in [3.05, 3.63) is 0 Å². The normalized spacial score (nSPS) is 43.0. The molecule has 0 aromatic heterocycles. The Morgan fingerprint density at radius 3 is 2.91 bits per heavy atom. The average Bonchev–Trinajstić information content (AvgIpc) is 2.37. The zero-order valence-corrected chi connectivity index (χ0v) is 8.71. The van der Waals surface area contributed by atoms with Crippen LogP contribution in [0, 0.1) is 17.8 Å². The monoisotopic (exact) mass is 264 g/mol. The van der Waals surface area contributed by atoms with Gasteiger partial charge < -0.3 is 0 Å². The number of Topliss-reactive ketones (excluding diaryl/α,β-unsaturated/α-hetero) is 1. The molecule has 0 heterocycles. The van der Waals surface area contributed by atoms with Crippen LogP contribution in [0.5, 0.6) is 0 Å². The molecule has 2 saturated carbocycles. The van der Waals surface area contributed by atoms with Gasteiger partial charge in [-0.15, -0.1) is 0 Å². The Labute approximate surface area is 81.1 Å². The third kappa shape index (κ3) is 1.34. The lowest BCUT2D eigenvalue weighted by molar-refractivity contribution is -0.124. The summed E-state index contributed by atoms with van der Waals surface area (Å²) in [6.45, 7) is 0. The molecule has 2 fully saturated rings. The quantitative estimate of drug-likeness (QED) is 0.525. The van der Waals surface area contributed by atoms with Crippen LogP contribution in [-0.2, 0) is 4.79 Å². The maximum absolute atomic E-state index is 11.3. The van der Waals surface area contributed by atoms with Crippen LogP contribution < -0.4 is 0 Å². The van der Waals surface area contributed by atoms with Crippen LogP contribution in [0.1, 0.15) is 25.7 Å². The third-order valence-electron chi connectivity index (χ3n) is 3.26. The van der Waals surface area contributed by atoms with Crippen LogP contribution >= 0.6 is 22.6 Å². The molecule has 2 bridgehead atoms. The van der Waals surface area contributed by atoms with Crippen molar-refractivity contribution in [3.8, 4) is 0 Å². The zero-order valence-electron chi connectivity index (χ0n) is 6.55. The van der Waals surface area contributed by atoms with Crippen molar-refractivity contribution >= 4 is 28.4 Å². The number of carbonyl (C=O) groups excluding carboxylic acids is 1. The third-order valence-corrected chi connectivity index (χ3v) is 4.39. The summed E-state index contributed by atoms with van der Waals surface area (Å²) in [4.78, 5) is 11.3. The summed E-state index contributed by atoms with van der Waals surface area (Å²) in [5.41, 5.74) is 0. The van der Waals surface area contributed by atoms with Crippen LogP contribution in [0.15, 0.2) is 0 Å². The first-order valence-corrected chi connectivity index (χ1v) is 5.92. The van der Waals surface area contributed by atoms with Gasteiger partial charge in [0.1, 0.15) is 5.78 Å². The molecule has 0 amide bonds. The fraction of sp³-hybridized carbons (Fsp3) is 0.889. The minimum atomic E-state index is 0.466. The van der Waals surface area contributed by atoms with Gasteiger partial charge in [-0.1, -0.05) is 22.6 Å². The number of alkyl halides is 1. The highest BCUT2D eigenvalue weighted by molar-refractivity contribution is 14.1. The lowest BCUT2D eigenvalue weighted by Gasteiger charge is -2.18. The van der Waals surface area contributed by atoms with Crippen LogP contribution in [0.2, 0.25) is 0 Å². The first-order valence-electron chi connectivity index (χ1n) is 4.40. The molecule has 2 heteroatoms. The molecular weight excluding hydrogens is 251 g/mol. The molecule has 0 aliphatic heterocycles. The fourth-order valence-electron chi connectivity index (χ4n) is 2.55. The van der Waals surface area contributed by atoms with E-state index in [0.717, 1.165) is 18.3 Å². The number of rotatable bonds is 1. The molecule has 1 nitrogen and oxygen atoms in total. The number of fused-ring (bicyclic) bond motifs is 2. The van der Waals surface area contributed by atoms with E-state index >= 15 is 0 Å². The Kier molecular flexibility index (Phi) is 2.21. The highest BCUT2D eigenvalue weighted by Gasteiger charge is 2.40. The van der Waals surface area contributed by atoms with Gasteiger partial charge in [-0.2, -0.15) is 0 Å². The molecule has 2 aliphatic rings. The van der Waals surface area contributed by atoms with Gasteiger partial charge in [0.2, 0.25) is 0 Å². The summed E-state index contributed by atoms with van der Waals surface area (Å²) in [5.74, 6) is 2.78. The van der Waals surface area contributed by atoms with Gasteiger partial charge in [-0.05, 0) is 31.1 Å². The second-order valence-corrected chi connectivity index (χ2v) is 4.73.